The molecular formula is C23H22N2O4. The van der Waals surface area contributed by atoms with Crippen molar-refractivity contribution in [3.8, 4) is 11.8 Å². The van der Waals surface area contributed by atoms with Gasteiger partial charge in [-0.15, -0.1) is 0 Å². The summed E-state index contributed by atoms with van der Waals surface area (Å²) in [6.45, 7) is 3.46. The molecular weight excluding hydrogens is 368 g/mol. The number of nitriles is 1. The van der Waals surface area contributed by atoms with Crippen LogP contribution in [0.2, 0.25) is 0 Å². The predicted molar refractivity (Wildman–Crippen MR) is 109 cm³/mol. The molecule has 0 aromatic heterocycles. The summed E-state index contributed by atoms with van der Waals surface area (Å²) >= 11 is 0. The molecule has 148 valence electrons. The van der Waals surface area contributed by atoms with Crippen LogP contribution in [0.5, 0.6) is 5.75 Å². The fourth-order valence-corrected chi connectivity index (χ4v) is 3.41. The number of allylic oxidation sites excluding steroid dienone is 1. The fourth-order valence-electron chi connectivity index (χ4n) is 3.41. The minimum absolute atomic E-state index is 0.292. The van der Waals surface area contributed by atoms with Crippen LogP contribution in [0.25, 0.3) is 0 Å². The van der Waals surface area contributed by atoms with Gasteiger partial charge in [-0.2, -0.15) is 5.26 Å². The zero-order valence-electron chi connectivity index (χ0n) is 16.6. The van der Waals surface area contributed by atoms with Crippen LogP contribution in [0.1, 0.15) is 25.0 Å². The molecule has 6 heteroatoms. The van der Waals surface area contributed by atoms with Gasteiger partial charge >= 0.3 is 5.97 Å². The molecule has 1 aliphatic heterocycles. The summed E-state index contributed by atoms with van der Waals surface area (Å²) in [5.41, 5.74) is 3.25. The number of carbonyl (C=O) groups is 2. The molecule has 0 fully saturated rings. The zero-order chi connectivity index (χ0) is 21.0. The van der Waals surface area contributed by atoms with Crippen molar-refractivity contribution in [1.82, 2.24) is 0 Å². The van der Waals surface area contributed by atoms with Crippen molar-refractivity contribution < 1.29 is 19.1 Å². The van der Waals surface area contributed by atoms with Crippen molar-refractivity contribution in [3.05, 3.63) is 71.4 Å². The van der Waals surface area contributed by atoms with E-state index in [4.69, 9.17) is 14.7 Å². The molecule has 0 saturated heterocycles. The average molecular weight is 390 g/mol. The molecule has 0 amide bonds. The molecule has 0 spiro atoms. The number of ketones is 1. The summed E-state index contributed by atoms with van der Waals surface area (Å²) in [5.74, 6) is -0.482. The molecule has 0 aliphatic carbocycles. The normalized spacial score (nSPS) is 15.5. The highest BCUT2D eigenvalue weighted by molar-refractivity contribution is 5.94. The highest BCUT2D eigenvalue weighted by atomic mass is 16.6. The Morgan fingerprint density at radius 1 is 1.10 bits per heavy atom. The second-order valence-electron chi connectivity index (χ2n) is 7.28. The third kappa shape index (κ3) is 4.30. The van der Waals surface area contributed by atoms with Gasteiger partial charge in [0.25, 0.3) is 0 Å². The van der Waals surface area contributed by atoms with Gasteiger partial charge in [0.15, 0.2) is 19.0 Å². The number of anilines is 1. The first kappa shape index (κ1) is 20.2. The number of para-hydroxylation sites is 1. The number of benzene rings is 2. The highest BCUT2D eigenvalue weighted by Crippen LogP contribution is 2.46. The SMILES string of the molecule is CN1C(=CC(=O)COC(=O)COc2ccc(C#N)cc2)C(C)(C)c2ccccc21. The number of hydrogen-bond acceptors (Lipinski definition) is 6. The van der Waals surface area contributed by atoms with Crippen molar-refractivity contribution in [3.63, 3.8) is 0 Å². The van der Waals surface area contributed by atoms with Crippen LogP contribution in [-0.2, 0) is 19.7 Å². The summed E-state index contributed by atoms with van der Waals surface area (Å²) in [5, 5.41) is 8.77. The topological polar surface area (TPSA) is 79.6 Å². The van der Waals surface area contributed by atoms with Crippen molar-refractivity contribution in [2.75, 3.05) is 25.2 Å². The van der Waals surface area contributed by atoms with Gasteiger partial charge in [-0.3, -0.25) is 4.79 Å². The summed E-state index contributed by atoms with van der Waals surface area (Å²) in [6.07, 6.45) is 1.54. The molecule has 29 heavy (non-hydrogen) atoms. The molecule has 6 nitrogen and oxygen atoms in total. The monoisotopic (exact) mass is 390 g/mol. The minimum atomic E-state index is -0.636. The van der Waals surface area contributed by atoms with E-state index in [-0.39, 0.29) is 24.4 Å². The lowest BCUT2D eigenvalue weighted by Gasteiger charge is -2.23. The van der Waals surface area contributed by atoms with Crippen molar-refractivity contribution in [2.24, 2.45) is 0 Å². The van der Waals surface area contributed by atoms with Gasteiger partial charge in [-0.25, -0.2) is 4.79 Å². The number of nitrogens with zero attached hydrogens (tertiary/aromatic N) is 2. The van der Waals surface area contributed by atoms with Gasteiger partial charge in [0.1, 0.15) is 5.75 Å². The summed E-state index contributed by atoms with van der Waals surface area (Å²) in [7, 11) is 1.92. The van der Waals surface area contributed by atoms with Crippen molar-refractivity contribution in [1.29, 1.82) is 5.26 Å². The molecule has 0 unspecified atom stereocenters. The Labute approximate surface area is 170 Å². The molecule has 0 bridgehead atoms. The van der Waals surface area contributed by atoms with Gasteiger partial charge in [0, 0.05) is 29.9 Å². The molecule has 0 saturated carbocycles. The van der Waals surface area contributed by atoms with Crippen molar-refractivity contribution >= 4 is 17.4 Å². The smallest absolute Gasteiger partial charge is 0.344 e. The molecule has 2 aromatic carbocycles. The number of fused-ring (bicyclic) bond motifs is 1. The van der Waals surface area contributed by atoms with Gasteiger partial charge in [-0.1, -0.05) is 32.0 Å². The maximum Gasteiger partial charge on any atom is 0.344 e. The van der Waals surface area contributed by atoms with E-state index in [0.717, 1.165) is 16.9 Å². The first-order chi connectivity index (χ1) is 13.8. The molecule has 2 aromatic rings. The zero-order valence-corrected chi connectivity index (χ0v) is 16.6. The standard InChI is InChI=1S/C23H22N2O4/c1-23(2)19-6-4-5-7-20(19)25(3)21(23)12-17(26)14-29-22(27)15-28-18-10-8-16(13-24)9-11-18/h4-12H,14-15H2,1-3H3. The Balaban J connectivity index is 1.55. The summed E-state index contributed by atoms with van der Waals surface area (Å²) in [4.78, 5) is 26.2. The number of likely N-dealkylation sites (N-methyl/N-ethyl adjacent to an activating group) is 1. The number of hydrogen-bond donors (Lipinski definition) is 0. The van der Waals surface area contributed by atoms with Crippen LogP contribution < -0.4 is 9.64 Å². The molecule has 0 radical (unpaired) electrons. The van der Waals surface area contributed by atoms with Crippen LogP contribution >= 0.6 is 0 Å². The van der Waals surface area contributed by atoms with E-state index in [9.17, 15) is 9.59 Å². The van der Waals surface area contributed by atoms with E-state index in [1.807, 2.05) is 36.2 Å². The molecule has 0 atom stereocenters. The van der Waals surface area contributed by atoms with Crippen LogP contribution in [0.4, 0.5) is 5.69 Å². The number of carbonyl (C=O) groups excluding carboxylic acids is 2. The summed E-state index contributed by atoms with van der Waals surface area (Å²) in [6, 6.07) is 16.4. The fraction of sp³-hybridized carbons (Fsp3) is 0.261. The van der Waals surface area contributed by atoms with Crippen LogP contribution in [0.3, 0.4) is 0 Å². The van der Waals surface area contributed by atoms with E-state index in [1.165, 1.54) is 6.08 Å². The predicted octanol–water partition coefficient (Wildman–Crippen LogP) is 3.36. The number of ether oxygens (including phenoxy) is 2. The van der Waals surface area contributed by atoms with E-state index in [0.29, 0.717) is 11.3 Å². The van der Waals surface area contributed by atoms with Gasteiger partial charge in [0.2, 0.25) is 0 Å². The average Bonchev–Trinajstić information content (AvgIpc) is 2.92. The molecule has 3 rings (SSSR count). The quantitative estimate of drug-likeness (QED) is 0.556. The van der Waals surface area contributed by atoms with Gasteiger partial charge in [0.05, 0.1) is 11.6 Å². The first-order valence-corrected chi connectivity index (χ1v) is 9.20. The number of rotatable bonds is 6. The van der Waals surface area contributed by atoms with E-state index in [1.54, 1.807) is 24.3 Å². The minimum Gasteiger partial charge on any atom is -0.482 e. The third-order valence-electron chi connectivity index (χ3n) is 4.95. The lowest BCUT2D eigenvalue weighted by molar-refractivity contribution is -0.148. The third-order valence-corrected chi connectivity index (χ3v) is 4.95. The van der Waals surface area contributed by atoms with Gasteiger partial charge < -0.3 is 14.4 Å². The van der Waals surface area contributed by atoms with Crippen LogP contribution in [0, 0.1) is 11.3 Å². The Morgan fingerprint density at radius 2 is 1.79 bits per heavy atom. The lowest BCUT2D eigenvalue weighted by Crippen LogP contribution is -2.25. The Morgan fingerprint density at radius 3 is 2.45 bits per heavy atom. The highest BCUT2D eigenvalue weighted by Gasteiger charge is 2.38. The second kappa shape index (κ2) is 8.19. The maximum absolute atomic E-state index is 12.4. The largest absolute Gasteiger partial charge is 0.482 e. The van der Waals surface area contributed by atoms with E-state index in [2.05, 4.69) is 19.9 Å². The second-order valence-corrected chi connectivity index (χ2v) is 7.28. The molecule has 1 aliphatic rings. The van der Waals surface area contributed by atoms with Gasteiger partial charge in [-0.05, 0) is 35.9 Å². The Kier molecular flexibility index (Phi) is 5.69. The van der Waals surface area contributed by atoms with Crippen LogP contribution in [0.15, 0.2) is 60.3 Å². The Hall–Kier alpha value is -3.59. The summed E-state index contributed by atoms with van der Waals surface area (Å²) < 4.78 is 10.3. The first-order valence-electron chi connectivity index (χ1n) is 9.20. The Bertz CT molecular complexity index is 1000. The van der Waals surface area contributed by atoms with E-state index >= 15 is 0 Å². The van der Waals surface area contributed by atoms with Crippen molar-refractivity contribution in [2.45, 2.75) is 19.3 Å². The van der Waals surface area contributed by atoms with Crippen LogP contribution in [-0.4, -0.2) is 32.0 Å². The maximum atomic E-state index is 12.4. The number of esters is 1. The molecule has 0 N–H and O–H groups in total. The lowest BCUT2D eigenvalue weighted by atomic mass is 9.83. The molecule has 1 heterocycles. The van der Waals surface area contributed by atoms with E-state index < -0.39 is 5.97 Å².